The van der Waals surface area contributed by atoms with Gasteiger partial charge in [0, 0.05) is 38.6 Å². The first kappa shape index (κ1) is 16.2. The first-order chi connectivity index (χ1) is 12.7. The van der Waals surface area contributed by atoms with Crippen LogP contribution in [0.5, 0.6) is 0 Å². The van der Waals surface area contributed by atoms with Gasteiger partial charge in [0.2, 0.25) is 0 Å². The molecule has 0 spiro atoms. The third-order valence-electron chi connectivity index (χ3n) is 4.37. The summed E-state index contributed by atoms with van der Waals surface area (Å²) in [5, 5.41) is 12.9. The van der Waals surface area contributed by atoms with Crippen LogP contribution in [0.25, 0.3) is 5.82 Å². The average molecular weight is 349 g/mol. The summed E-state index contributed by atoms with van der Waals surface area (Å²) in [6, 6.07) is 11.1. The van der Waals surface area contributed by atoms with Gasteiger partial charge >= 0.3 is 0 Å². The molecule has 0 N–H and O–H groups in total. The number of carbonyl (C=O) groups is 1. The highest BCUT2D eigenvalue weighted by atomic mass is 16.2. The summed E-state index contributed by atoms with van der Waals surface area (Å²) in [5.41, 5.74) is 1.42. The van der Waals surface area contributed by atoms with Crippen LogP contribution < -0.4 is 4.90 Å². The van der Waals surface area contributed by atoms with Gasteiger partial charge in [0.25, 0.3) is 5.91 Å². The lowest BCUT2D eigenvalue weighted by molar-refractivity contribution is 0.0740. The molecule has 8 heteroatoms. The van der Waals surface area contributed by atoms with E-state index in [9.17, 15) is 4.79 Å². The Kier molecular flexibility index (Phi) is 4.30. The summed E-state index contributed by atoms with van der Waals surface area (Å²) in [5.74, 6) is 1.47. The molecule has 1 saturated heterocycles. The molecule has 1 aliphatic heterocycles. The van der Waals surface area contributed by atoms with Gasteiger partial charge in [-0.15, -0.1) is 10.2 Å². The number of amides is 1. The summed E-state index contributed by atoms with van der Waals surface area (Å²) in [4.78, 5) is 20.5. The molecule has 0 bridgehead atoms. The Morgan fingerprint density at radius 3 is 2.35 bits per heavy atom. The molecule has 0 aromatic carbocycles. The van der Waals surface area contributed by atoms with E-state index in [-0.39, 0.29) is 5.91 Å². The molecule has 8 nitrogen and oxygen atoms in total. The van der Waals surface area contributed by atoms with Crippen molar-refractivity contribution in [2.24, 2.45) is 0 Å². The average Bonchev–Trinajstić information content (AvgIpc) is 3.15. The van der Waals surface area contributed by atoms with Crippen molar-refractivity contribution in [1.29, 1.82) is 0 Å². The number of carbonyl (C=O) groups excluding carboxylic acids is 1. The number of nitrogens with zero attached hydrogens (tertiary/aromatic N) is 7. The van der Waals surface area contributed by atoms with Crippen molar-refractivity contribution in [2.45, 2.75) is 6.92 Å². The lowest BCUT2D eigenvalue weighted by Crippen LogP contribution is -2.49. The van der Waals surface area contributed by atoms with Gasteiger partial charge in [-0.25, -0.2) is 4.68 Å². The van der Waals surface area contributed by atoms with E-state index in [0.29, 0.717) is 37.7 Å². The van der Waals surface area contributed by atoms with Crippen LogP contribution in [0.4, 0.5) is 5.82 Å². The zero-order valence-corrected chi connectivity index (χ0v) is 14.5. The first-order valence-electron chi connectivity index (χ1n) is 8.52. The molecule has 3 aromatic heterocycles. The normalized spacial score (nSPS) is 14.5. The summed E-state index contributed by atoms with van der Waals surface area (Å²) in [6.07, 6.45) is 3.50. The predicted octanol–water partition coefficient (Wildman–Crippen LogP) is 1.33. The molecule has 0 radical (unpaired) electrons. The molecule has 4 heterocycles. The number of hydrogen-bond acceptors (Lipinski definition) is 6. The molecule has 0 unspecified atom stereocenters. The van der Waals surface area contributed by atoms with Crippen LogP contribution in [0.3, 0.4) is 0 Å². The highest BCUT2D eigenvalue weighted by molar-refractivity contribution is 5.92. The number of anilines is 1. The van der Waals surface area contributed by atoms with Gasteiger partial charge in [0.1, 0.15) is 5.69 Å². The van der Waals surface area contributed by atoms with Crippen LogP contribution in [0.15, 0.2) is 48.8 Å². The number of aromatic nitrogens is 5. The molecule has 3 aromatic rings. The minimum absolute atomic E-state index is 0.0271. The second-order valence-corrected chi connectivity index (χ2v) is 6.15. The van der Waals surface area contributed by atoms with Crippen LogP contribution in [0.2, 0.25) is 0 Å². The molecule has 132 valence electrons. The van der Waals surface area contributed by atoms with Crippen molar-refractivity contribution in [3.05, 3.63) is 60.2 Å². The standard InChI is InChI=1S/C18H19N7O/c1-14-7-9-25(22-14)17-6-5-16(20-21-17)23-10-12-24(13-11-23)18(26)15-4-2-3-8-19-15/h2-9H,10-13H2,1H3. The largest absolute Gasteiger partial charge is 0.352 e. The Balaban J connectivity index is 1.39. The Bertz CT molecular complexity index is 883. The molecular formula is C18H19N7O. The molecule has 0 atom stereocenters. The first-order valence-corrected chi connectivity index (χ1v) is 8.52. The zero-order valence-electron chi connectivity index (χ0n) is 14.5. The molecular weight excluding hydrogens is 330 g/mol. The van der Waals surface area contributed by atoms with E-state index in [1.165, 1.54) is 0 Å². The van der Waals surface area contributed by atoms with E-state index in [0.717, 1.165) is 11.5 Å². The SMILES string of the molecule is Cc1ccn(-c2ccc(N3CCN(C(=O)c4ccccn4)CC3)nn2)n1. The molecule has 1 amide bonds. The fourth-order valence-corrected chi connectivity index (χ4v) is 2.94. The second-order valence-electron chi connectivity index (χ2n) is 6.15. The maximum atomic E-state index is 12.5. The highest BCUT2D eigenvalue weighted by Gasteiger charge is 2.23. The second kappa shape index (κ2) is 6.91. The van der Waals surface area contributed by atoms with Crippen LogP contribution in [-0.4, -0.2) is 61.9 Å². The summed E-state index contributed by atoms with van der Waals surface area (Å²) in [7, 11) is 0. The van der Waals surface area contributed by atoms with Crippen molar-refractivity contribution in [1.82, 2.24) is 29.9 Å². The van der Waals surface area contributed by atoms with Gasteiger partial charge in [0.15, 0.2) is 11.6 Å². The number of piperazine rings is 1. The van der Waals surface area contributed by atoms with E-state index in [4.69, 9.17) is 0 Å². The minimum atomic E-state index is -0.0271. The Hall–Kier alpha value is -3.29. The van der Waals surface area contributed by atoms with E-state index in [1.54, 1.807) is 16.9 Å². The Morgan fingerprint density at radius 1 is 0.962 bits per heavy atom. The van der Waals surface area contributed by atoms with E-state index < -0.39 is 0 Å². The van der Waals surface area contributed by atoms with Gasteiger partial charge in [-0.2, -0.15) is 5.10 Å². The maximum absolute atomic E-state index is 12.5. The third-order valence-corrected chi connectivity index (χ3v) is 4.37. The quantitative estimate of drug-likeness (QED) is 0.710. The molecule has 0 saturated carbocycles. The van der Waals surface area contributed by atoms with Crippen LogP contribution in [-0.2, 0) is 0 Å². The molecule has 4 rings (SSSR count). The van der Waals surface area contributed by atoms with Crippen molar-refractivity contribution >= 4 is 11.7 Å². The Morgan fingerprint density at radius 2 is 1.73 bits per heavy atom. The van der Waals surface area contributed by atoms with Gasteiger partial charge in [-0.1, -0.05) is 6.07 Å². The van der Waals surface area contributed by atoms with Crippen LogP contribution in [0, 0.1) is 6.92 Å². The van der Waals surface area contributed by atoms with Crippen molar-refractivity contribution < 1.29 is 4.79 Å². The molecule has 26 heavy (non-hydrogen) atoms. The summed E-state index contributed by atoms with van der Waals surface area (Å²) < 4.78 is 1.70. The van der Waals surface area contributed by atoms with Crippen molar-refractivity contribution in [3.63, 3.8) is 0 Å². The topological polar surface area (TPSA) is 80.0 Å². The fraction of sp³-hybridized carbons (Fsp3) is 0.278. The van der Waals surface area contributed by atoms with Gasteiger partial charge < -0.3 is 9.80 Å². The van der Waals surface area contributed by atoms with Crippen LogP contribution >= 0.6 is 0 Å². The van der Waals surface area contributed by atoms with Crippen molar-refractivity contribution in [3.8, 4) is 5.82 Å². The maximum Gasteiger partial charge on any atom is 0.272 e. The number of pyridine rings is 1. The lowest BCUT2D eigenvalue weighted by atomic mass is 10.2. The van der Waals surface area contributed by atoms with Crippen molar-refractivity contribution in [2.75, 3.05) is 31.1 Å². The summed E-state index contributed by atoms with van der Waals surface area (Å²) in [6.45, 7) is 4.64. The Labute approximate surface area is 151 Å². The third kappa shape index (κ3) is 3.26. The number of rotatable bonds is 3. The molecule has 1 fully saturated rings. The summed E-state index contributed by atoms with van der Waals surface area (Å²) >= 11 is 0. The molecule has 1 aliphatic rings. The number of hydrogen-bond donors (Lipinski definition) is 0. The van der Waals surface area contributed by atoms with E-state index >= 15 is 0 Å². The monoisotopic (exact) mass is 349 g/mol. The van der Waals surface area contributed by atoms with Gasteiger partial charge in [0.05, 0.1) is 5.69 Å². The highest BCUT2D eigenvalue weighted by Crippen LogP contribution is 2.15. The van der Waals surface area contributed by atoms with E-state index in [2.05, 4.69) is 25.2 Å². The zero-order chi connectivity index (χ0) is 17.9. The smallest absolute Gasteiger partial charge is 0.272 e. The molecule has 0 aliphatic carbocycles. The minimum Gasteiger partial charge on any atom is -0.352 e. The van der Waals surface area contributed by atoms with Gasteiger partial charge in [-0.3, -0.25) is 9.78 Å². The van der Waals surface area contributed by atoms with Gasteiger partial charge in [-0.05, 0) is 37.3 Å². The fourth-order valence-electron chi connectivity index (χ4n) is 2.94. The number of aryl methyl sites for hydroxylation is 1. The van der Waals surface area contributed by atoms with Crippen LogP contribution in [0.1, 0.15) is 16.2 Å². The van der Waals surface area contributed by atoms with E-state index in [1.807, 2.05) is 48.4 Å². The lowest BCUT2D eigenvalue weighted by Gasteiger charge is -2.35. The predicted molar refractivity (Wildman–Crippen MR) is 96.2 cm³/mol.